The smallest absolute Gasteiger partial charge is 0.264 e. The fraction of sp³-hybridized carbons (Fsp3) is 0.310. The number of amides is 2. The second-order valence-electron chi connectivity index (χ2n) is 9.53. The van der Waals surface area contributed by atoms with Crippen LogP contribution in [0, 0.1) is 6.92 Å². The van der Waals surface area contributed by atoms with Crippen LogP contribution >= 0.6 is 34.8 Å². The summed E-state index contributed by atoms with van der Waals surface area (Å²) < 4.78 is 28.7. The van der Waals surface area contributed by atoms with Crippen LogP contribution in [0.1, 0.15) is 38.3 Å². The number of hydrogen-bond donors (Lipinski definition) is 1. The minimum Gasteiger partial charge on any atom is -0.352 e. The molecule has 0 aliphatic rings. The molecular weight excluding hydrogens is 593 g/mol. The minimum absolute atomic E-state index is 0.00260. The molecule has 0 saturated carbocycles. The number of aryl methyl sites for hydroxylation is 1. The first-order valence-corrected chi connectivity index (χ1v) is 15.3. The third kappa shape index (κ3) is 7.69. The predicted octanol–water partition coefficient (Wildman–Crippen LogP) is 6.48. The Morgan fingerprint density at radius 1 is 0.900 bits per heavy atom. The van der Waals surface area contributed by atoms with Crippen molar-refractivity contribution < 1.29 is 18.0 Å². The van der Waals surface area contributed by atoms with Crippen molar-refractivity contribution in [3.63, 3.8) is 0 Å². The summed E-state index contributed by atoms with van der Waals surface area (Å²) in [6, 6.07) is 16.6. The fourth-order valence-electron chi connectivity index (χ4n) is 3.86. The number of benzene rings is 3. The van der Waals surface area contributed by atoms with Crippen molar-refractivity contribution in [3.8, 4) is 0 Å². The molecule has 0 fully saturated rings. The van der Waals surface area contributed by atoms with Gasteiger partial charge in [-0.05, 0) is 69.2 Å². The lowest BCUT2D eigenvalue weighted by atomic mass is 10.1. The van der Waals surface area contributed by atoms with E-state index in [1.54, 1.807) is 43.3 Å². The van der Waals surface area contributed by atoms with E-state index in [0.29, 0.717) is 17.0 Å². The van der Waals surface area contributed by atoms with Gasteiger partial charge < -0.3 is 10.2 Å². The summed E-state index contributed by atoms with van der Waals surface area (Å²) in [7, 11) is -4.22. The number of halogens is 3. The molecule has 0 spiro atoms. The van der Waals surface area contributed by atoms with Crippen LogP contribution in [0.25, 0.3) is 0 Å². The van der Waals surface area contributed by atoms with Crippen LogP contribution in [0.2, 0.25) is 15.1 Å². The molecule has 0 saturated heterocycles. The molecule has 0 heterocycles. The number of carbonyl (C=O) groups is 2. The molecule has 3 aromatic rings. The summed E-state index contributed by atoms with van der Waals surface area (Å²) in [5.74, 6) is -0.967. The number of hydrogen-bond acceptors (Lipinski definition) is 4. The van der Waals surface area contributed by atoms with Crippen molar-refractivity contribution in [3.05, 3.63) is 92.9 Å². The van der Waals surface area contributed by atoms with Crippen molar-refractivity contribution in [1.29, 1.82) is 0 Å². The molecule has 2 amide bonds. The molecule has 0 aliphatic heterocycles. The van der Waals surface area contributed by atoms with E-state index >= 15 is 0 Å². The number of anilines is 1. The van der Waals surface area contributed by atoms with Crippen molar-refractivity contribution in [1.82, 2.24) is 10.2 Å². The summed E-state index contributed by atoms with van der Waals surface area (Å²) in [6.45, 7) is 6.64. The summed E-state index contributed by atoms with van der Waals surface area (Å²) >= 11 is 18.7. The molecule has 214 valence electrons. The standard InChI is InChI=1S/C29H32Cl3N3O4S/c1-5-20(3)33-29(37)21(4)34(17-22-8-6-7-9-25(22)30)28(36)18-35(23-12-15-26(31)27(32)16-23)40(38,39)24-13-10-19(2)11-14-24/h6-16,20-21H,5,17-18H2,1-4H3,(H,33,37). The van der Waals surface area contributed by atoms with Crippen LogP contribution in [0.3, 0.4) is 0 Å². The zero-order valence-corrected chi connectivity index (χ0v) is 25.8. The zero-order chi connectivity index (χ0) is 29.6. The summed E-state index contributed by atoms with van der Waals surface area (Å²) in [6.07, 6.45) is 0.705. The molecule has 40 heavy (non-hydrogen) atoms. The van der Waals surface area contributed by atoms with Gasteiger partial charge in [0.1, 0.15) is 12.6 Å². The normalized spacial score (nSPS) is 12.9. The Labute approximate surface area is 251 Å². The van der Waals surface area contributed by atoms with E-state index in [-0.39, 0.29) is 39.1 Å². The van der Waals surface area contributed by atoms with Gasteiger partial charge in [0.05, 0.1) is 20.6 Å². The van der Waals surface area contributed by atoms with Crippen LogP contribution in [-0.4, -0.2) is 43.8 Å². The van der Waals surface area contributed by atoms with E-state index in [2.05, 4.69) is 5.32 Å². The quantitative estimate of drug-likeness (QED) is 0.265. The van der Waals surface area contributed by atoms with E-state index in [0.717, 1.165) is 9.87 Å². The Balaban J connectivity index is 2.06. The monoisotopic (exact) mass is 623 g/mol. The van der Waals surface area contributed by atoms with Gasteiger partial charge in [0.25, 0.3) is 10.0 Å². The highest BCUT2D eigenvalue weighted by Crippen LogP contribution is 2.31. The van der Waals surface area contributed by atoms with Gasteiger partial charge in [-0.2, -0.15) is 0 Å². The molecule has 0 bridgehead atoms. The lowest BCUT2D eigenvalue weighted by Crippen LogP contribution is -2.52. The molecule has 3 aromatic carbocycles. The van der Waals surface area contributed by atoms with E-state index in [9.17, 15) is 18.0 Å². The highest BCUT2D eigenvalue weighted by Gasteiger charge is 2.33. The maximum absolute atomic E-state index is 14.0. The SMILES string of the molecule is CCC(C)NC(=O)C(C)N(Cc1ccccc1Cl)C(=O)CN(c1ccc(Cl)c(Cl)c1)S(=O)(=O)c1ccc(C)cc1. The van der Waals surface area contributed by atoms with Crippen LogP contribution in [0.5, 0.6) is 0 Å². The second-order valence-corrected chi connectivity index (χ2v) is 12.6. The Morgan fingerprint density at radius 2 is 1.55 bits per heavy atom. The van der Waals surface area contributed by atoms with Gasteiger partial charge in [0, 0.05) is 17.6 Å². The molecule has 7 nitrogen and oxygen atoms in total. The molecule has 11 heteroatoms. The molecule has 0 aromatic heterocycles. The lowest BCUT2D eigenvalue weighted by Gasteiger charge is -2.32. The van der Waals surface area contributed by atoms with Gasteiger partial charge in [-0.25, -0.2) is 8.42 Å². The number of nitrogens with zero attached hydrogens (tertiary/aromatic N) is 2. The minimum atomic E-state index is -4.22. The maximum atomic E-state index is 14.0. The average molecular weight is 625 g/mol. The molecule has 0 radical (unpaired) electrons. The van der Waals surface area contributed by atoms with Crippen molar-refractivity contribution in [2.45, 2.75) is 57.6 Å². The van der Waals surface area contributed by atoms with Crippen molar-refractivity contribution in [2.24, 2.45) is 0 Å². The molecule has 2 atom stereocenters. The van der Waals surface area contributed by atoms with E-state index in [4.69, 9.17) is 34.8 Å². The summed E-state index contributed by atoms with van der Waals surface area (Å²) in [5.41, 5.74) is 1.64. The van der Waals surface area contributed by atoms with Crippen LogP contribution < -0.4 is 9.62 Å². The predicted molar refractivity (Wildman–Crippen MR) is 162 cm³/mol. The van der Waals surface area contributed by atoms with Gasteiger partial charge in [0.2, 0.25) is 11.8 Å². The van der Waals surface area contributed by atoms with E-state index < -0.39 is 28.5 Å². The lowest BCUT2D eigenvalue weighted by molar-refractivity contribution is -0.139. The third-order valence-corrected chi connectivity index (χ3v) is 9.44. The first kappa shape index (κ1) is 31.7. The highest BCUT2D eigenvalue weighted by atomic mass is 35.5. The van der Waals surface area contributed by atoms with Crippen molar-refractivity contribution >= 4 is 62.3 Å². The van der Waals surface area contributed by atoms with E-state index in [1.165, 1.54) is 35.2 Å². The first-order chi connectivity index (χ1) is 18.8. The van der Waals surface area contributed by atoms with Gasteiger partial charge >= 0.3 is 0 Å². The van der Waals surface area contributed by atoms with Crippen LogP contribution in [-0.2, 0) is 26.2 Å². The largest absolute Gasteiger partial charge is 0.352 e. The number of sulfonamides is 1. The Kier molecular flexibility index (Phi) is 10.9. The zero-order valence-electron chi connectivity index (χ0n) is 22.7. The van der Waals surface area contributed by atoms with Crippen LogP contribution in [0.4, 0.5) is 5.69 Å². The molecule has 2 unspecified atom stereocenters. The second kappa shape index (κ2) is 13.7. The van der Waals surface area contributed by atoms with Gasteiger partial charge in [-0.1, -0.05) is 77.6 Å². The maximum Gasteiger partial charge on any atom is 0.264 e. The Hall–Kier alpha value is -2.78. The number of nitrogens with one attached hydrogen (secondary N) is 1. The number of rotatable bonds is 11. The van der Waals surface area contributed by atoms with Gasteiger partial charge in [-0.3, -0.25) is 13.9 Å². The highest BCUT2D eigenvalue weighted by molar-refractivity contribution is 7.92. The summed E-state index contributed by atoms with van der Waals surface area (Å²) in [5, 5.41) is 3.68. The molecular formula is C29H32Cl3N3O4S. The fourth-order valence-corrected chi connectivity index (χ4v) is 5.76. The van der Waals surface area contributed by atoms with Crippen LogP contribution in [0.15, 0.2) is 71.6 Å². The van der Waals surface area contributed by atoms with Gasteiger partial charge in [-0.15, -0.1) is 0 Å². The molecule has 0 aliphatic carbocycles. The third-order valence-electron chi connectivity index (χ3n) is 6.55. The first-order valence-electron chi connectivity index (χ1n) is 12.7. The van der Waals surface area contributed by atoms with E-state index in [1.807, 2.05) is 20.8 Å². The summed E-state index contributed by atoms with van der Waals surface area (Å²) in [4.78, 5) is 28.4. The Bertz CT molecular complexity index is 1470. The molecule has 1 N–H and O–H groups in total. The van der Waals surface area contributed by atoms with Crippen molar-refractivity contribution in [2.75, 3.05) is 10.8 Å². The average Bonchev–Trinajstić information content (AvgIpc) is 2.92. The Morgan fingerprint density at radius 3 is 2.15 bits per heavy atom. The topological polar surface area (TPSA) is 86.8 Å². The molecule has 3 rings (SSSR count). The van der Waals surface area contributed by atoms with Gasteiger partial charge in [0.15, 0.2) is 0 Å². The number of carbonyl (C=O) groups excluding carboxylic acids is 2.